The Balaban J connectivity index is 1.69. The minimum absolute atomic E-state index is 0.554. The largest absolute Gasteiger partial charge is 0.378 e. The lowest BCUT2D eigenvalue weighted by Crippen LogP contribution is -2.31. The van der Waals surface area contributed by atoms with Gasteiger partial charge in [-0.15, -0.1) is 0 Å². The Morgan fingerprint density at radius 1 is 1.37 bits per heavy atom. The first-order valence-corrected chi connectivity index (χ1v) is 7.29. The number of nitrogens with zero attached hydrogens (tertiary/aromatic N) is 3. The summed E-state index contributed by atoms with van der Waals surface area (Å²) in [6, 6.07) is 4.20. The minimum atomic E-state index is 0.554. The van der Waals surface area contributed by atoms with Gasteiger partial charge in [0.05, 0.1) is 17.6 Å². The number of rotatable bonds is 4. The number of anilines is 2. The summed E-state index contributed by atoms with van der Waals surface area (Å²) in [5.74, 6) is 0. The van der Waals surface area contributed by atoms with Gasteiger partial charge in [0.25, 0.3) is 0 Å². The van der Waals surface area contributed by atoms with Crippen LogP contribution in [0.5, 0.6) is 0 Å². The van der Waals surface area contributed by atoms with E-state index in [1.165, 1.54) is 31.5 Å². The molecule has 2 unspecified atom stereocenters. The quantitative estimate of drug-likeness (QED) is 0.899. The highest BCUT2D eigenvalue weighted by molar-refractivity contribution is 5.68. The first-order chi connectivity index (χ1) is 9.15. The fourth-order valence-electron chi connectivity index (χ4n) is 3.18. The maximum Gasteiger partial charge on any atom is 0.0766 e. The SMILES string of the molecule is CC1CC(Nc2cnccc2N(C)C)CN1C1CC1. The maximum absolute atomic E-state index is 4.25. The van der Waals surface area contributed by atoms with Crippen molar-refractivity contribution >= 4 is 11.4 Å². The summed E-state index contributed by atoms with van der Waals surface area (Å²) in [7, 11) is 4.16. The third-order valence-electron chi connectivity index (χ3n) is 4.28. The third-order valence-corrected chi connectivity index (χ3v) is 4.28. The van der Waals surface area contributed by atoms with Crippen molar-refractivity contribution in [1.29, 1.82) is 0 Å². The molecule has 2 aliphatic rings. The van der Waals surface area contributed by atoms with Crippen LogP contribution in [0.2, 0.25) is 0 Å². The van der Waals surface area contributed by atoms with Crippen LogP contribution < -0.4 is 10.2 Å². The van der Waals surface area contributed by atoms with Gasteiger partial charge >= 0.3 is 0 Å². The summed E-state index contributed by atoms with van der Waals surface area (Å²) in [4.78, 5) is 9.06. The lowest BCUT2D eigenvalue weighted by molar-refractivity contribution is 0.257. The van der Waals surface area contributed by atoms with E-state index in [9.17, 15) is 0 Å². The Morgan fingerprint density at radius 2 is 2.16 bits per heavy atom. The highest BCUT2D eigenvalue weighted by Gasteiger charge is 2.38. The van der Waals surface area contributed by atoms with Crippen molar-refractivity contribution in [2.45, 2.75) is 44.3 Å². The number of nitrogens with one attached hydrogen (secondary N) is 1. The average molecular weight is 260 g/mol. The molecule has 2 fully saturated rings. The van der Waals surface area contributed by atoms with E-state index in [0.717, 1.165) is 11.7 Å². The van der Waals surface area contributed by atoms with Crippen LogP contribution in [0.25, 0.3) is 0 Å². The molecule has 1 saturated carbocycles. The van der Waals surface area contributed by atoms with E-state index in [-0.39, 0.29) is 0 Å². The van der Waals surface area contributed by atoms with Crippen LogP contribution in [-0.4, -0.2) is 48.6 Å². The number of pyridine rings is 1. The third kappa shape index (κ3) is 2.68. The molecule has 3 rings (SSSR count). The van der Waals surface area contributed by atoms with E-state index in [1.807, 2.05) is 12.4 Å². The smallest absolute Gasteiger partial charge is 0.0766 e. The molecule has 2 atom stereocenters. The summed E-state index contributed by atoms with van der Waals surface area (Å²) in [5.41, 5.74) is 2.37. The van der Waals surface area contributed by atoms with Crippen molar-refractivity contribution in [2.24, 2.45) is 0 Å². The summed E-state index contributed by atoms with van der Waals surface area (Å²) in [6.45, 7) is 3.53. The van der Waals surface area contributed by atoms with Crippen molar-refractivity contribution < 1.29 is 0 Å². The van der Waals surface area contributed by atoms with E-state index < -0.39 is 0 Å². The molecule has 4 heteroatoms. The lowest BCUT2D eigenvalue weighted by Gasteiger charge is -2.22. The molecule has 1 saturated heterocycles. The van der Waals surface area contributed by atoms with Crippen LogP contribution in [0, 0.1) is 0 Å². The van der Waals surface area contributed by atoms with Gasteiger partial charge in [-0.2, -0.15) is 0 Å². The molecular weight excluding hydrogens is 236 g/mol. The second-order valence-electron chi connectivity index (χ2n) is 6.14. The zero-order valence-corrected chi connectivity index (χ0v) is 12.1. The zero-order chi connectivity index (χ0) is 13.4. The van der Waals surface area contributed by atoms with Crippen LogP contribution in [0.15, 0.2) is 18.5 Å². The maximum atomic E-state index is 4.25. The molecule has 4 nitrogen and oxygen atoms in total. The molecule has 1 aromatic rings. The molecule has 0 aromatic carbocycles. The van der Waals surface area contributed by atoms with Gasteiger partial charge in [0.1, 0.15) is 0 Å². The molecule has 0 radical (unpaired) electrons. The minimum Gasteiger partial charge on any atom is -0.378 e. The van der Waals surface area contributed by atoms with Crippen LogP contribution in [-0.2, 0) is 0 Å². The second kappa shape index (κ2) is 5.00. The molecule has 1 N–H and O–H groups in total. The van der Waals surface area contributed by atoms with E-state index in [4.69, 9.17) is 0 Å². The lowest BCUT2D eigenvalue weighted by atomic mass is 10.2. The Hall–Kier alpha value is -1.29. The van der Waals surface area contributed by atoms with Gasteiger partial charge < -0.3 is 10.2 Å². The Kier molecular flexibility index (Phi) is 3.35. The van der Waals surface area contributed by atoms with Crippen molar-refractivity contribution in [2.75, 3.05) is 30.9 Å². The van der Waals surface area contributed by atoms with Crippen LogP contribution >= 0.6 is 0 Å². The number of hydrogen-bond acceptors (Lipinski definition) is 4. The fourth-order valence-corrected chi connectivity index (χ4v) is 3.18. The standard InChI is InChI=1S/C15H24N4/c1-11-8-12(10-19(11)13-4-5-13)17-14-9-16-7-6-15(14)18(2)3/h6-7,9,11-13,17H,4-5,8,10H2,1-3H3. The molecule has 1 aliphatic heterocycles. The Labute approximate surface area is 115 Å². The predicted octanol–water partition coefficient (Wildman–Crippen LogP) is 2.18. The van der Waals surface area contributed by atoms with Crippen molar-refractivity contribution in [3.05, 3.63) is 18.5 Å². The topological polar surface area (TPSA) is 31.4 Å². The average Bonchev–Trinajstić information content (AvgIpc) is 3.15. The summed E-state index contributed by atoms with van der Waals surface area (Å²) < 4.78 is 0. The Bertz CT molecular complexity index is 442. The highest BCUT2D eigenvalue weighted by atomic mass is 15.3. The first-order valence-electron chi connectivity index (χ1n) is 7.29. The molecule has 19 heavy (non-hydrogen) atoms. The molecule has 0 bridgehead atoms. The summed E-state index contributed by atoms with van der Waals surface area (Å²) in [5, 5.41) is 3.69. The van der Waals surface area contributed by atoms with E-state index in [0.29, 0.717) is 12.1 Å². The summed E-state index contributed by atoms with van der Waals surface area (Å²) >= 11 is 0. The monoisotopic (exact) mass is 260 g/mol. The van der Waals surface area contributed by atoms with E-state index in [2.05, 4.69) is 47.2 Å². The van der Waals surface area contributed by atoms with E-state index in [1.54, 1.807) is 0 Å². The van der Waals surface area contributed by atoms with Crippen LogP contribution in [0.3, 0.4) is 0 Å². The van der Waals surface area contributed by atoms with Crippen molar-refractivity contribution in [3.63, 3.8) is 0 Å². The molecule has 104 valence electrons. The number of hydrogen-bond donors (Lipinski definition) is 1. The van der Waals surface area contributed by atoms with Gasteiger partial charge in [-0.1, -0.05) is 0 Å². The normalized spacial score (nSPS) is 27.5. The second-order valence-corrected chi connectivity index (χ2v) is 6.14. The van der Waals surface area contributed by atoms with Crippen molar-refractivity contribution in [3.8, 4) is 0 Å². The van der Waals surface area contributed by atoms with Crippen LogP contribution in [0.4, 0.5) is 11.4 Å². The molecular formula is C15H24N4. The number of aromatic nitrogens is 1. The van der Waals surface area contributed by atoms with Crippen LogP contribution in [0.1, 0.15) is 26.2 Å². The van der Waals surface area contributed by atoms with E-state index >= 15 is 0 Å². The van der Waals surface area contributed by atoms with Gasteiger partial charge in [-0.25, -0.2) is 0 Å². The predicted molar refractivity (Wildman–Crippen MR) is 79.8 cm³/mol. The first kappa shape index (κ1) is 12.7. The van der Waals surface area contributed by atoms with Crippen molar-refractivity contribution in [1.82, 2.24) is 9.88 Å². The zero-order valence-electron chi connectivity index (χ0n) is 12.1. The Morgan fingerprint density at radius 3 is 2.84 bits per heavy atom. The summed E-state index contributed by atoms with van der Waals surface area (Å²) in [6.07, 6.45) is 7.83. The van der Waals surface area contributed by atoms with Gasteiger partial charge in [-0.05, 0) is 32.3 Å². The van der Waals surface area contributed by atoms with Gasteiger partial charge in [0.15, 0.2) is 0 Å². The molecule has 1 aliphatic carbocycles. The van der Waals surface area contributed by atoms with Gasteiger partial charge in [0.2, 0.25) is 0 Å². The fraction of sp³-hybridized carbons (Fsp3) is 0.667. The molecule has 2 heterocycles. The van der Waals surface area contributed by atoms with Gasteiger partial charge in [-0.3, -0.25) is 9.88 Å². The molecule has 0 spiro atoms. The molecule has 0 amide bonds. The van der Waals surface area contributed by atoms with Gasteiger partial charge in [0, 0.05) is 45.0 Å². The number of likely N-dealkylation sites (tertiary alicyclic amines) is 1. The molecule has 1 aromatic heterocycles. The highest BCUT2D eigenvalue weighted by Crippen LogP contribution is 2.34.